The molecule has 2 aromatic heterocycles. The molecule has 0 atom stereocenters. The average Bonchev–Trinajstić information content (AvgIpc) is 3.10. The number of fused-ring (bicyclic) bond motifs is 1. The lowest BCUT2D eigenvalue weighted by Gasteiger charge is -2.20. The van der Waals surface area contributed by atoms with Crippen LogP contribution >= 0.6 is 11.3 Å². The lowest BCUT2D eigenvalue weighted by atomic mass is 9.97. The highest BCUT2D eigenvalue weighted by Gasteiger charge is 2.19. The summed E-state index contributed by atoms with van der Waals surface area (Å²) in [6.07, 6.45) is 3.97. The molecule has 1 saturated heterocycles. The Hall–Kier alpha value is -2.51. The number of nitrogens with zero attached hydrogens (tertiary/aromatic N) is 1. The van der Waals surface area contributed by atoms with Gasteiger partial charge in [-0.3, -0.25) is 10.1 Å². The molecule has 1 aliphatic rings. The van der Waals surface area contributed by atoms with E-state index >= 15 is 0 Å². The van der Waals surface area contributed by atoms with Crippen LogP contribution in [0.4, 0.5) is 5.13 Å². The van der Waals surface area contributed by atoms with Crippen LogP contribution in [-0.4, -0.2) is 24.0 Å². The van der Waals surface area contributed by atoms with E-state index in [9.17, 15) is 9.59 Å². The van der Waals surface area contributed by atoms with E-state index < -0.39 is 11.5 Å². The molecule has 0 bridgehead atoms. The molecular weight excluding hydrogens is 338 g/mol. The highest BCUT2D eigenvalue weighted by atomic mass is 32.1. The number of hydrogen-bond donors (Lipinski definition) is 2. The number of thiazole rings is 1. The number of carbonyl (C=O) groups is 1. The zero-order chi connectivity index (χ0) is 17.2. The van der Waals surface area contributed by atoms with Crippen molar-refractivity contribution < 1.29 is 9.21 Å². The Morgan fingerprint density at radius 3 is 2.92 bits per heavy atom. The molecule has 25 heavy (non-hydrogen) atoms. The number of para-hydroxylation sites is 1. The van der Waals surface area contributed by atoms with Gasteiger partial charge in [0.2, 0.25) is 0 Å². The molecule has 1 fully saturated rings. The van der Waals surface area contributed by atoms with Crippen molar-refractivity contribution in [3.63, 3.8) is 0 Å². The molecule has 0 radical (unpaired) electrons. The SMILES string of the molecule is O=C(Nc1ncc(C2CCNCC2)s1)c1cc2ccccc2oc1=O. The normalized spacial score (nSPS) is 15.4. The Labute approximate surface area is 147 Å². The zero-order valence-electron chi connectivity index (χ0n) is 13.5. The highest BCUT2D eigenvalue weighted by molar-refractivity contribution is 7.15. The second-order valence-electron chi connectivity index (χ2n) is 6.03. The Morgan fingerprint density at radius 1 is 1.28 bits per heavy atom. The number of piperidine rings is 1. The first-order valence-electron chi connectivity index (χ1n) is 8.21. The molecule has 4 rings (SSSR count). The van der Waals surface area contributed by atoms with Crippen molar-refractivity contribution in [2.45, 2.75) is 18.8 Å². The summed E-state index contributed by atoms with van der Waals surface area (Å²) in [6.45, 7) is 2.00. The first-order chi connectivity index (χ1) is 12.2. The minimum absolute atomic E-state index is 0.0164. The van der Waals surface area contributed by atoms with Crippen LogP contribution in [0.25, 0.3) is 11.0 Å². The van der Waals surface area contributed by atoms with E-state index in [1.807, 2.05) is 12.3 Å². The van der Waals surface area contributed by atoms with E-state index in [4.69, 9.17) is 4.42 Å². The van der Waals surface area contributed by atoms with Crippen LogP contribution in [0.5, 0.6) is 0 Å². The van der Waals surface area contributed by atoms with E-state index in [0.717, 1.165) is 25.9 Å². The molecule has 6 nitrogen and oxygen atoms in total. The number of amides is 1. The molecule has 7 heteroatoms. The summed E-state index contributed by atoms with van der Waals surface area (Å²) in [6, 6.07) is 8.66. The van der Waals surface area contributed by atoms with Gasteiger partial charge in [-0.1, -0.05) is 18.2 Å². The fourth-order valence-corrected chi connectivity index (χ4v) is 4.00. The predicted molar refractivity (Wildman–Crippen MR) is 97.4 cm³/mol. The van der Waals surface area contributed by atoms with Crippen LogP contribution in [0.1, 0.15) is 34.0 Å². The number of benzene rings is 1. The van der Waals surface area contributed by atoms with E-state index in [2.05, 4.69) is 15.6 Å². The van der Waals surface area contributed by atoms with Crippen molar-refractivity contribution >= 4 is 33.3 Å². The fraction of sp³-hybridized carbons (Fsp3) is 0.278. The molecule has 3 aromatic rings. The molecule has 3 heterocycles. The van der Waals surface area contributed by atoms with E-state index in [-0.39, 0.29) is 5.56 Å². The van der Waals surface area contributed by atoms with Gasteiger partial charge in [0.25, 0.3) is 5.91 Å². The van der Waals surface area contributed by atoms with Gasteiger partial charge in [-0.2, -0.15) is 0 Å². The van der Waals surface area contributed by atoms with Gasteiger partial charge >= 0.3 is 5.63 Å². The van der Waals surface area contributed by atoms with E-state index in [1.165, 1.54) is 16.2 Å². The molecule has 1 aromatic carbocycles. The van der Waals surface area contributed by atoms with Crippen LogP contribution in [0.3, 0.4) is 0 Å². The number of aromatic nitrogens is 1. The van der Waals surface area contributed by atoms with Crippen LogP contribution in [0, 0.1) is 0 Å². The average molecular weight is 355 g/mol. The van der Waals surface area contributed by atoms with Gasteiger partial charge in [-0.25, -0.2) is 9.78 Å². The minimum atomic E-state index is -0.647. The van der Waals surface area contributed by atoms with Gasteiger partial charge in [-0.05, 0) is 44.0 Å². The Bertz CT molecular complexity index is 973. The first kappa shape index (κ1) is 16.0. The third-order valence-electron chi connectivity index (χ3n) is 4.37. The van der Waals surface area contributed by atoms with Crippen molar-refractivity contribution in [1.82, 2.24) is 10.3 Å². The molecule has 2 N–H and O–H groups in total. The summed E-state index contributed by atoms with van der Waals surface area (Å²) < 4.78 is 5.21. The zero-order valence-corrected chi connectivity index (χ0v) is 14.3. The highest BCUT2D eigenvalue weighted by Crippen LogP contribution is 2.31. The number of rotatable bonds is 3. The molecule has 1 aliphatic heterocycles. The monoisotopic (exact) mass is 355 g/mol. The van der Waals surface area contributed by atoms with Gasteiger partial charge in [-0.15, -0.1) is 11.3 Å². The maximum atomic E-state index is 12.4. The molecule has 1 amide bonds. The van der Waals surface area contributed by atoms with Gasteiger partial charge < -0.3 is 9.73 Å². The third-order valence-corrected chi connectivity index (χ3v) is 5.45. The second kappa shape index (κ2) is 6.78. The van der Waals surface area contributed by atoms with Crippen molar-refractivity contribution in [3.05, 3.63) is 57.4 Å². The summed E-state index contributed by atoms with van der Waals surface area (Å²) in [7, 11) is 0. The molecule has 0 saturated carbocycles. The van der Waals surface area contributed by atoms with Crippen molar-refractivity contribution in [2.75, 3.05) is 18.4 Å². The molecule has 128 valence electrons. The second-order valence-corrected chi connectivity index (χ2v) is 7.09. The lowest BCUT2D eigenvalue weighted by Crippen LogP contribution is -2.26. The Kier molecular flexibility index (Phi) is 4.33. The summed E-state index contributed by atoms with van der Waals surface area (Å²) in [4.78, 5) is 30.0. The molecule has 0 spiro atoms. The summed E-state index contributed by atoms with van der Waals surface area (Å²) in [5.74, 6) is -0.0131. The topological polar surface area (TPSA) is 84.2 Å². The molecule has 0 unspecified atom stereocenters. The van der Waals surface area contributed by atoms with Crippen molar-refractivity contribution in [2.24, 2.45) is 0 Å². The van der Waals surface area contributed by atoms with Crippen LogP contribution in [0.2, 0.25) is 0 Å². The van der Waals surface area contributed by atoms with E-state index in [1.54, 1.807) is 24.3 Å². The van der Waals surface area contributed by atoms with Crippen LogP contribution < -0.4 is 16.3 Å². The van der Waals surface area contributed by atoms with Gasteiger partial charge in [0, 0.05) is 16.5 Å². The fourth-order valence-electron chi connectivity index (χ4n) is 3.02. The van der Waals surface area contributed by atoms with Crippen molar-refractivity contribution in [3.8, 4) is 0 Å². The summed E-state index contributed by atoms with van der Waals surface area (Å²) in [5.41, 5.74) is -0.199. The van der Waals surface area contributed by atoms with Crippen LogP contribution in [0.15, 0.2) is 45.7 Å². The van der Waals surface area contributed by atoms with Crippen molar-refractivity contribution in [1.29, 1.82) is 0 Å². The van der Waals surface area contributed by atoms with Gasteiger partial charge in [0.15, 0.2) is 5.13 Å². The maximum absolute atomic E-state index is 12.4. The molecule has 0 aliphatic carbocycles. The summed E-state index contributed by atoms with van der Waals surface area (Å²) >= 11 is 1.47. The first-order valence-corrected chi connectivity index (χ1v) is 9.03. The molecular formula is C18H17N3O3S. The van der Waals surface area contributed by atoms with Crippen LogP contribution in [-0.2, 0) is 0 Å². The van der Waals surface area contributed by atoms with Gasteiger partial charge in [0.05, 0.1) is 0 Å². The number of anilines is 1. The largest absolute Gasteiger partial charge is 0.422 e. The quantitative estimate of drug-likeness (QED) is 0.706. The third kappa shape index (κ3) is 3.33. The smallest absolute Gasteiger partial charge is 0.349 e. The predicted octanol–water partition coefficient (Wildman–Crippen LogP) is 2.97. The van der Waals surface area contributed by atoms with E-state index in [0.29, 0.717) is 22.0 Å². The lowest BCUT2D eigenvalue weighted by molar-refractivity contribution is 0.102. The Morgan fingerprint density at radius 2 is 2.08 bits per heavy atom. The minimum Gasteiger partial charge on any atom is -0.422 e. The standard InChI is InChI=1S/C18H17N3O3S/c22-16(13-9-12-3-1-2-4-14(12)24-17(13)23)21-18-20-10-15(25-18)11-5-7-19-8-6-11/h1-4,9-11,19H,5-8H2,(H,20,21,22). The maximum Gasteiger partial charge on any atom is 0.349 e. The Balaban J connectivity index is 1.55. The number of carbonyl (C=O) groups excluding carboxylic acids is 1. The number of hydrogen-bond acceptors (Lipinski definition) is 6. The van der Waals surface area contributed by atoms with Gasteiger partial charge in [0.1, 0.15) is 11.1 Å². The summed E-state index contributed by atoms with van der Waals surface area (Å²) in [5, 5.41) is 7.27. The number of nitrogens with one attached hydrogen (secondary N) is 2.